The van der Waals surface area contributed by atoms with Gasteiger partial charge in [0.2, 0.25) is 5.78 Å². The summed E-state index contributed by atoms with van der Waals surface area (Å²) >= 11 is 0. The Morgan fingerprint density at radius 2 is 1.17 bits per heavy atom. The number of Topliss-reactive ketones (excluding diaryl/α,β-unsaturated/α-hetero) is 1. The van der Waals surface area contributed by atoms with Crippen molar-refractivity contribution in [2.24, 2.45) is 0 Å². The molecule has 5 nitrogen and oxygen atoms in total. The Labute approximate surface area is 169 Å². The molecule has 0 aliphatic rings. The third-order valence-electron chi connectivity index (χ3n) is 4.21. The Morgan fingerprint density at radius 3 is 1.62 bits per heavy atom. The number of carbonyl (C=O) groups excluding carboxylic acids is 2. The SMILES string of the molecule is COC(=O)C(=O)Cc1cc(OCc2ccccc2)cc(OCc2ccccc2)c1. The summed E-state index contributed by atoms with van der Waals surface area (Å²) in [5.41, 5.74) is 2.67. The molecule has 0 spiro atoms. The standard InChI is InChI=1S/C24H22O5/c1-27-24(26)23(25)14-20-12-21(28-16-18-8-4-2-5-9-18)15-22(13-20)29-17-19-10-6-3-7-11-19/h2-13,15H,14,16-17H2,1H3. The summed E-state index contributed by atoms with van der Waals surface area (Å²) in [4.78, 5) is 23.4. The van der Waals surface area contributed by atoms with Gasteiger partial charge < -0.3 is 14.2 Å². The summed E-state index contributed by atoms with van der Waals surface area (Å²) in [5.74, 6) is -0.367. The number of carbonyl (C=O) groups is 2. The van der Waals surface area contributed by atoms with Crippen LogP contribution in [-0.2, 0) is 34.0 Å². The number of hydrogen-bond donors (Lipinski definition) is 0. The molecule has 0 unspecified atom stereocenters. The van der Waals surface area contributed by atoms with Gasteiger partial charge in [0, 0.05) is 12.5 Å². The number of hydrogen-bond acceptors (Lipinski definition) is 5. The van der Waals surface area contributed by atoms with Crippen molar-refractivity contribution in [2.75, 3.05) is 7.11 Å². The molecule has 0 aromatic heterocycles. The number of ketones is 1. The molecule has 0 fully saturated rings. The van der Waals surface area contributed by atoms with Gasteiger partial charge in [0.25, 0.3) is 0 Å². The Kier molecular flexibility index (Phi) is 7.00. The van der Waals surface area contributed by atoms with Gasteiger partial charge in [-0.3, -0.25) is 4.79 Å². The minimum Gasteiger partial charge on any atom is -0.489 e. The zero-order valence-electron chi connectivity index (χ0n) is 16.2. The van der Waals surface area contributed by atoms with Crippen molar-refractivity contribution in [1.29, 1.82) is 0 Å². The topological polar surface area (TPSA) is 61.8 Å². The van der Waals surface area contributed by atoms with Gasteiger partial charge in [-0.1, -0.05) is 60.7 Å². The van der Waals surface area contributed by atoms with Crippen LogP contribution in [0, 0.1) is 0 Å². The summed E-state index contributed by atoms with van der Waals surface area (Å²) in [6.07, 6.45) is -0.0864. The van der Waals surface area contributed by atoms with Crippen LogP contribution in [0.3, 0.4) is 0 Å². The summed E-state index contributed by atoms with van der Waals surface area (Å²) in [5, 5.41) is 0. The van der Waals surface area contributed by atoms with E-state index in [1.807, 2.05) is 60.7 Å². The molecule has 3 aromatic carbocycles. The fraction of sp³-hybridized carbons (Fsp3) is 0.167. The first-order valence-corrected chi connectivity index (χ1v) is 9.22. The molecule has 0 aliphatic heterocycles. The van der Waals surface area contributed by atoms with E-state index in [0.29, 0.717) is 30.3 Å². The second-order valence-electron chi connectivity index (χ2n) is 6.45. The molecule has 148 valence electrons. The fourth-order valence-corrected chi connectivity index (χ4v) is 2.75. The van der Waals surface area contributed by atoms with E-state index < -0.39 is 11.8 Å². The summed E-state index contributed by atoms with van der Waals surface area (Å²) in [6.45, 7) is 0.765. The van der Waals surface area contributed by atoms with Crippen LogP contribution in [0.1, 0.15) is 16.7 Å². The molecule has 0 atom stereocenters. The molecule has 0 aliphatic carbocycles. The molecule has 29 heavy (non-hydrogen) atoms. The van der Waals surface area contributed by atoms with Crippen molar-refractivity contribution < 1.29 is 23.8 Å². The van der Waals surface area contributed by atoms with Crippen LogP contribution in [0.25, 0.3) is 0 Å². The van der Waals surface area contributed by atoms with Crippen molar-refractivity contribution in [3.8, 4) is 11.5 Å². The van der Waals surface area contributed by atoms with Crippen molar-refractivity contribution in [3.63, 3.8) is 0 Å². The van der Waals surface area contributed by atoms with Gasteiger partial charge in [-0.05, 0) is 28.8 Å². The van der Waals surface area contributed by atoms with Gasteiger partial charge in [-0.2, -0.15) is 0 Å². The van der Waals surface area contributed by atoms with Crippen molar-refractivity contribution in [2.45, 2.75) is 19.6 Å². The summed E-state index contributed by atoms with van der Waals surface area (Å²) in [6, 6.07) is 24.8. The van der Waals surface area contributed by atoms with E-state index >= 15 is 0 Å². The molecule has 3 aromatic rings. The smallest absolute Gasteiger partial charge is 0.374 e. The van der Waals surface area contributed by atoms with Crippen LogP contribution in [0.5, 0.6) is 11.5 Å². The summed E-state index contributed by atoms with van der Waals surface area (Å²) < 4.78 is 16.3. The lowest BCUT2D eigenvalue weighted by Gasteiger charge is -2.12. The van der Waals surface area contributed by atoms with Crippen LogP contribution in [-0.4, -0.2) is 18.9 Å². The lowest BCUT2D eigenvalue weighted by molar-refractivity contribution is -0.151. The molecular weight excluding hydrogens is 368 g/mol. The third kappa shape index (κ3) is 6.21. The van der Waals surface area contributed by atoms with Crippen molar-refractivity contribution in [1.82, 2.24) is 0 Å². The second-order valence-corrected chi connectivity index (χ2v) is 6.45. The number of ether oxygens (including phenoxy) is 3. The highest BCUT2D eigenvalue weighted by Gasteiger charge is 2.16. The molecule has 0 N–H and O–H groups in total. The van der Waals surface area contributed by atoms with Crippen molar-refractivity contribution in [3.05, 3.63) is 95.6 Å². The zero-order chi connectivity index (χ0) is 20.5. The number of methoxy groups -OCH3 is 1. The lowest BCUT2D eigenvalue weighted by Crippen LogP contribution is -2.17. The normalized spacial score (nSPS) is 10.2. The molecule has 0 amide bonds. The average Bonchev–Trinajstić information content (AvgIpc) is 2.77. The number of esters is 1. The van der Waals surface area contributed by atoms with E-state index in [2.05, 4.69) is 4.74 Å². The van der Waals surface area contributed by atoms with E-state index in [1.165, 1.54) is 7.11 Å². The first-order valence-electron chi connectivity index (χ1n) is 9.22. The fourth-order valence-electron chi connectivity index (χ4n) is 2.75. The Morgan fingerprint density at radius 1 is 0.690 bits per heavy atom. The monoisotopic (exact) mass is 390 g/mol. The lowest BCUT2D eigenvalue weighted by atomic mass is 10.1. The number of benzene rings is 3. The quantitative estimate of drug-likeness (QED) is 0.406. The van der Waals surface area contributed by atoms with E-state index in [1.54, 1.807) is 18.2 Å². The van der Waals surface area contributed by atoms with Gasteiger partial charge >= 0.3 is 5.97 Å². The minimum atomic E-state index is -0.868. The third-order valence-corrected chi connectivity index (χ3v) is 4.21. The maximum atomic E-state index is 12.0. The minimum absolute atomic E-state index is 0.0864. The highest BCUT2D eigenvalue weighted by atomic mass is 16.5. The van der Waals surface area contributed by atoms with E-state index in [-0.39, 0.29) is 6.42 Å². The van der Waals surface area contributed by atoms with E-state index in [4.69, 9.17) is 9.47 Å². The highest BCUT2D eigenvalue weighted by Crippen LogP contribution is 2.25. The Bertz CT molecular complexity index is 890. The maximum absolute atomic E-state index is 12.0. The van der Waals surface area contributed by atoms with Crippen LogP contribution in [0.2, 0.25) is 0 Å². The van der Waals surface area contributed by atoms with E-state index in [9.17, 15) is 9.59 Å². The Balaban J connectivity index is 1.76. The Hall–Kier alpha value is -3.60. The summed E-state index contributed by atoms with van der Waals surface area (Å²) in [7, 11) is 1.19. The predicted molar refractivity (Wildman–Crippen MR) is 109 cm³/mol. The molecule has 0 heterocycles. The first kappa shape index (κ1) is 20.1. The van der Waals surface area contributed by atoms with Crippen LogP contribution >= 0.6 is 0 Å². The van der Waals surface area contributed by atoms with Gasteiger partial charge in [-0.25, -0.2) is 4.79 Å². The first-order chi connectivity index (χ1) is 14.1. The van der Waals surface area contributed by atoms with Crippen LogP contribution in [0.15, 0.2) is 78.9 Å². The highest BCUT2D eigenvalue weighted by molar-refractivity contribution is 6.34. The van der Waals surface area contributed by atoms with Gasteiger partial charge in [0.1, 0.15) is 24.7 Å². The van der Waals surface area contributed by atoms with Crippen LogP contribution < -0.4 is 9.47 Å². The van der Waals surface area contributed by atoms with Crippen LogP contribution in [0.4, 0.5) is 0 Å². The average molecular weight is 390 g/mol. The molecule has 3 rings (SSSR count). The molecule has 0 bridgehead atoms. The van der Waals surface area contributed by atoms with Gasteiger partial charge in [0.05, 0.1) is 7.11 Å². The molecule has 0 saturated carbocycles. The number of rotatable bonds is 9. The van der Waals surface area contributed by atoms with Gasteiger partial charge in [0.15, 0.2) is 0 Å². The molecule has 0 saturated heterocycles. The molecule has 0 radical (unpaired) electrons. The van der Waals surface area contributed by atoms with Crippen molar-refractivity contribution >= 4 is 11.8 Å². The predicted octanol–water partition coefficient (Wildman–Crippen LogP) is 4.13. The van der Waals surface area contributed by atoms with E-state index in [0.717, 1.165) is 11.1 Å². The largest absolute Gasteiger partial charge is 0.489 e. The zero-order valence-corrected chi connectivity index (χ0v) is 16.2. The second kappa shape index (κ2) is 10.1. The maximum Gasteiger partial charge on any atom is 0.374 e. The molecule has 5 heteroatoms. The van der Waals surface area contributed by atoms with Gasteiger partial charge in [-0.15, -0.1) is 0 Å². The molecular formula is C24H22O5.